The summed E-state index contributed by atoms with van der Waals surface area (Å²) in [6.07, 6.45) is 2.61. The maximum atomic E-state index is 12.1. The Morgan fingerprint density at radius 2 is 1.67 bits per heavy atom. The van der Waals surface area contributed by atoms with Crippen LogP contribution in [0.5, 0.6) is 5.75 Å². The second-order valence-corrected chi connectivity index (χ2v) is 7.61. The Morgan fingerprint density at radius 3 is 2.30 bits per heavy atom. The topological polar surface area (TPSA) is 41.6 Å². The molecule has 5 heteroatoms. The first kappa shape index (κ1) is 19.7. The fourth-order valence-electron chi connectivity index (χ4n) is 3.35. The van der Waals surface area contributed by atoms with Crippen molar-refractivity contribution in [2.24, 2.45) is 0 Å². The Bertz CT molecular complexity index is 760. The first-order chi connectivity index (χ1) is 13.0. The van der Waals surface area contributed by atoms with Gasteiger partial charge in [-0.15, -0.1) is 0 Å². The van der Waals surface area contributed by atoms with Gasteiger partial charge in [-0.1, -0.05) is 35.9 Å². The molecule has 1 aliphatic rings. The van der Waals surface area contributed by atoms with E-state index in [0.29, 0.717) is 12.3 Å². The monoisotopic (exact) mass is 386 g/mol. The van der Waals surface area contributed by atoms with Crippen LogP contribution in [0.25, 0.3) is 0 Å². The molecule has 1 amide bonds. The molecule has 0 aliphatic carbocycles. The van der Waals surface area contributed by atoms with E-state index in [0.717, 1.165) is 28.3 Å². The molecule has 0 bridgehead atoms. The molecule has 0 radical (unpaired) electrons. The standard InChI is InChI=1S/C22H27ClN2O2/c1-16-11-20(12-17(2)22(16)23)27-15-21(26)24-13-18-5-7-19(8-6-18)14-25-9-3-4-10-25/h5-8,11-12H,3-4,9-10,13-15H2,1-2H3,(H,24,26). The van der Waals surface area contributed by atoms with Crippen LogP contribution in [-0.2, 0) is 17.9 Å². The van der Waals surface area contributed by atoms with Crippen molar-refractivity contribution < 1.29 is 9.53 Å². The van der Waals surface area contributed by atoms with E-state index in [2.05, 4.69) is 34.5 Å². The fraction of sp³-hybridized carbons (Fsp3) is 0.409. The molecular formula is C22H27ClN2O2. The van der Waals surface area contributed by atoms with Crippen molar-refractivity contribution in [2.45, 2.75) is 39.8 Å². The van der Waals surface area contributed by atoms with E-state index in [1.807, 2.05) is 26.0 Å². The lowest BCUT2D eigenvalue weighted by Gasteiger charge is -2.14. The summed E-state index contributed by atoms with van der Waals surface area (Å²) in [5, 5.41) is 3.64. The Hall–Kier alpha value is -2.04. The van der Waals surface area contributed by atoms with Crippen molar-refractivity contribution >= 4 is 17.5 Å². The third kappa shape index (κ3) is 5.72. The molecule has 27 heavy (non-hydrogen) atoms. The number of carbonyl (C=O) groups excluding carboxylic acids is 1. The molecule has 0 unspecified atom stereocenters. The number of benzene rings is 2. The first-order valence-corrected chi connectivity index (χ1v) is 9.85. The molecule has 0 spiro atoms. The molecule has 4 nitrogen and oxygen atoms in total. The quantitative estimate of drug-likeness (QED) is 0.773. The Morgan fingerprint density at radius 1 is 1.07 bits per heavy atom. The highest BCUT2D eigenvalue weighted by Crippen LogP contribution is 2.25. The van der Waals surface area contributed by atoms with Gasteiger partial charge in [0.2, 0.25) is 0 Å². The van der Waals surface area contributed by atoms with Crippen LogP contribution in [0.3, 0.4) is 0 Å². The Labute approximate surface area is 166 Å². The molecule has 0 saturated carbocycles. The lowest BCUT2D eigenvalue weighted by atomic mass is 10.1. The molecule has 1 heterocycles. The van der Waals surface area contributed by atoms with E-state index < -0.39 is 0 Å². The van der Waals surface area contributed by atoms with Crippen LogP contribution in [-0.4, -0.2) is 30.5 Å². The summed E-state index contributed by atoms with van der Waals surface area (Å²) in [6.45, 7) is 7.76. The van der Waals surface area contributed by atoms with Crippen molar-refractivity contribution in [1.29, 1.82) is 0 Å². The average molecular weight is 387 g/mol. The number of nitrogens with one attached hydrogen (secondary N) is 1. The summed E-state index contributed by atoms with van der Waals surface area (Å²) in [5.41, 5.74) is 4.30. The van der Waals surface area contributed by atoms with Crippen LogP contribution < -0.4 is 10.1 Å². The number of rotatable bonds is 7. The van der Waals surface area contributed by atoms with Crippen molar-refractivity contribution in [2.75, 3.05) is 19.7 Å². The first-order valence-electron chi connectivity index (χ1n) is 9.47. The van der Waals surface area contributed by atoms with E-state index >= 15 is 0 Å². The smallest absolute Gasteiger partial charge is 0.258 e. The van der Waals surface area contributed by atoms with Gasteiger partial charge in [0.25, 0.3) is 5.91 Å². The number of hydrogen-bond donors (Lipinski definition) is 1. The lowest BCUT2D eigenvalue weighted by molar-refractivity contribution is -0.123. The highest BCUT2D eigenvalue weighted by atomic mass is 35.5. The summed E-state index contributed by atoms with van der Waals surface area (Å²) in [6, 6.07) is 12.2. The van der Waals surface area contributed by atoms with Crippen LogP contribution in [0.15, 0.2) is 36.4 Å². The van der Waals surface area contributed by atoms with Crippen LogP contribution in [0.4, 0.5) is 0 Å². The third-order valence-corrected chi connectivity index (χ3v) is 5.49. The summed E-state index contributed by atoms with van der Waals surface area (Å²) in [7, 11) is 0. The molecule has 3 rings (SSSR count). The van der Waals surface area contributed by atoms with Gasteiger partial charge in [-0.25, -0.2) is 0 Å². The average Bonchev–Trinajstić information content (AvgIpc) is 3.16. The summed E-state index contributed by atoms with van der Waals surface area (Å²) >= 11 is 6.15. The highest BCUT2D eigenvalue weighted by molar-refractivity contribution is 6.32. The fourth-order valence-corrected chi connectivity index (χ4v) is 3.46. The molecule has 1 N–H and O–H groups in total. The van der Waals surface area contributed by atoms with Gasteiger partial charge in [0.1, 0.15) is 5.75 Å². The summed E-state index contributed by atoms with van der Waals surface area (Å²) in [4.78, 5) is 14.5. The van der Waals surface area contributed by atoms with Crippen molar-refractivity contribution in [3.05, 3.63) is 63.7 Å². The number of carbonyl (C=O) groups is 1. The zero-order valence-electron chi connectivity index (χ0n) is 16.1. The summed E-state index contributed by atoms with van der Waals surface area (Å²) in [5.74, 6) is 0.525. The molecule has 2 aromatic carbocycles. The number of nitrogens with zero attached hydrogens (tertiary/aromatic N) is 1. The third-order valence-electron chi connectivity index (χ3n) is 4.90. The normalized spacial score (nSPS) is 14.3. The summed E-state index contributed by atoms with van der Waals surface area (Å²) < 4.78 is 5.59. The molecule has 0 atom stereocenters. The van der Waals surface area contributed by atoms with Gasteiger partial charge in [-0.2, -0.15) is 0 Å². The van der Waals surface area contributed by atoms with E-state index in [1.165, 1.54) is 31.5 Å². The Balaban J connectivity index is 1.43. The minimum Gasteiger partial charge on any atom is -0.484 e. The molecule has 1 saturated heterocycles. The predicted molar refractivity (Wildman–Crippen MR) is 109 cm³/mol. The van der Waals surface area contributed by atoms with Gasteiger partial charge < -0.3 is 10.1 Å². The van der Waals surface area contributed by atoms with Gasteiger partial charge in [0.15, 0.2) is 6.61 Å². The van der Waals surface area contributed by atoms with Crippen LogP contribution in [0.1, 0.15) is 35.1 Å². The van der Waals surface area contributed by atoms with Gasteiger partial charge >= 0.3 is 0 Å². The van der Waals surface area contributed by atoms with Gasteiger partial charge in [-0.3, -0.25) is 9.69 Å². The van der Waals surface area contributed by atoms with E-state index in [-0.39, 0.29) is 12.5 Å². The van der Waals surface area contributed by atoms with Crippen molar-refractivity contribution in [3.8, 4) is 5.75 Å². The largest absolute Gasteiger partial charge is 0.484 e. The number of hydrogen-bond acceptors (Lipinski definition) is 3. The molecule has 144 valence electrons. The lowest BCUT2D eigenvalue weighted by Crippen LogP contribution is -2.28. The van der Waals surface area contributed by atoms with Crippen LogP contribution in [0, 0.1) is 13.8 Å². The minimum atomic E-state index is -0.138. The molecule has 2 aromatic rings. The molecular weight excluding hydrogens is 360 g/mol. The SMILES string of the molecule is Cc1cc(OCC(=O)NCc2ccc(CN3CCCC3)cc2)cc(C)c1Cl. The van der Waals surface area contributed by atoms with Crippen molar-refractivity contribution in [1.82, 2.24) is 10.2 Å². The second kappa shape index (κ2) is 9.25. The van der Waals surface area contributed by atoms with E-state index in [1.54, 1.807) is 0 Å². The van der Waals surface area contributed by atoms with Gasteiger partial charge in [0.05, 0.1) is 0 Å². The number of ether oxygens (including phenoxy) is 1. The number of halogens is 1. The van der Waals surface area contributed by atoms with Gasteiger partial charge in [0, 0.05) is 18.1 Å². The molecule has 0 aromatic heterocycles. The maximum Gasteiger partial charge on any atom is 0.258 e. The van der Waals surface area contributed by atoms with E-state index in [4.69, 9.17) is 16.3 Å². The predicted octanol–water partition coefficient (Wildman–Crippen LogP) is 4.25. The van der Waals surface area contributed by atoms with Crippen LogP contribution in [0.2, 0.25) is 5.02 Å². The zero-order valence-corrected chi connectivity index (χ0v) is 16.8. The van der Waals surface area contributed by atoms with Crippen LogP contribution >= 0.6 is 11.6 Å². The van der Waals surface area contributed by atoms with Gasteiger partial charge in [-0.05, 0) is 74.2 Å². The maximum absolute atomic E-state index is 12.1. The number of aryl methyl sites for hydroxylation is 2. The van der Waals surface area contributed by atoms with Crippen molar-refractivity contribution in [3.63, 3.8) is 0 Å². The number of amides is 1. The molecule has 1 aliphatic heterocycles. The highest BCUT2D eigenvalue weighted by Gasteiger charge is 2.11. The second-order valence-electron chi connectivity index (χ2n) is 7.24. The molecule has 1 fully saturated rings. The minimum absolute atomic E-state index is 0.00639. The number of likely N-dealkylation sites (tertiary alicyclic amines) is 1. The Kier molecular flexibility index (Phi) is 6.75. The van der Waals surface area contributed by atoms with E-state index in [9.17, 15) is 4.79 Å². The zero-order chi connectivity index (χ0) is 19.2.